The fourth-order valence-corrected chi connectivity index (χ4v) is 3.58. The Morgan fingerprint density at radius 2 is 2.13 bits per heavy atom. The number of nitriles is 1. The van der Waals surface area contributed by atoms with E-state index in [4.69, 9.17) is 27.9 Å². The normalized spacial score (nSPS) is 20.7. The summed E-state index contributed by atoms with van der Waals surface area (Å²) in [5.41, 5.74) is 0.737. The molecule has 0 aromatic heterocycles. The number of nitrogens with zero attached hydrogens (tertiary/aromatic N) is 1. The largest absolute Gasteiger partial charge is 0.468 e. The minimum absolute atomic E-state index is 0.261. The number of carbonyl (C=O) groups is 2. The minimum atomic E-state index is -1.19. The lowest BCUT2D eigenvalue weighted by molar-refractivity contribution is -0.150. The van der Waals surface area contributed by atoms with E-state index in [1.165, 1.54) is 24.9 Å². The Kier molecular flexibility index (Phi) is 5.58. The maximum Gasteiger partial charge on any atom is 0.319 e. The molecule has 1 N–H and O–H groups in total. The molecule has 0 unspecified atom stereocenters. The highest BCUT2D eigenvalue weighted by Gasteiger charge is 2.44. The van der Waals surface area contributed by atoms with Gasteiger partial charge in [-0.1, -0.05) is 29.3 Å². The number of ether oxygens (including phenoxy) is 1. The molecule has 2 atom stereocenters. The van der Waals surface area contributed by atoms with Gasteiger partial charge in [0.25, 0.3) is 0 Å². The van der Waals surface area contributed by atoms with Crippen molar-refractivity contribution >= 4 is 46.8 Å². The maximum absolute atomic E-state index is 12.3. The number of nitrogens with one attached hydrogen (secondary N) is 1. The fraction of sp³-hybridized carbons (Fsp3) is 0.267. The van der Waals surface area contributed by atoms with Crippen LogP contribution in [-0.2, 0) is 14.3 Å². The first kappa shape index (κ1) is 17.7. The van der Waals surface area contributed by atoms with Gasteiger partial charge in [-0.25, -0.2) is 0 Å². The molecule has 0 radical (unpaired) electrons. The first-order valence-electron chi connectivity index (χ1n) is 6.46. The molecule has 0 aliphatic carbocycles. The van der Waals surface area contributed by atoms with Gasteiger partial charge in [0.2, 0.25) is 5.91 Å². The van der Waals surface area contributed by atoms with Gasteiger partial charge < -0.3 is 10.1 Å². The van der Waals surface area contributed by atoms with Crippen molar-refractivity contribution in [3.8, 4) is 6.07 Å². The van der Waals surface area contributed by atoms with Crippen LogP contribution in [-0.4, -0.2) is 25.2 Å². The van der Waals surface area contributed by atoms with Crippen LogP contribution in [0.5, 0.6) is 0 Å². The van der Waals surface area contributed by atoms with Gasteiger partial charge in [-0.3, -0.25) is 9.59 Å². The summed E-state index contributed by atoms with van der Waals surface area (Å²) in [6, 6.07) is 6.78. The number of halogens is 2. The third-order valence-electron chi connectivity index (χ3n) is 3.49. The number of amides is 1. The molecule has 1 heterocycles. The first-order chi connectivity index (χ1) is 10.9. The molecule has 0 saturated carbocycles. The Balaban J connectivity index is 2.70. The summed E-state index contributed by atoms with van der Waals surface area (Å²) >= 11 is 13.3. The zero-order chi connectivity index (χ0) is 17.1. The highest BCUT2D eigenvalue weighted by molar-refractivity contribution is 8.02. The summed E-state index contributed by atoms with van der Waals surface area (Å²) in [7, 11) is 1.19. The third kappa shape index (κ3) is 3.32. The second kappa shape index (κ2) is 7.26. The number of esters is 1. The molecule has 1 aliphatic heterocycles. The predicted molar refractivity (Wildman–Crippen MR) is 89.0 cm³/mol. The van der Waals surface area contributed by atoms with Crippen LogP contribution in [0.1, 0.15) is 11.5 Å². The smallest absolute Gasteiger partial charge is 0.319 e. The average molecular weight is 371 g/mol. The quantitative estimate of drug-likeness (QED) is 0.653. The summed E-state index contributed by atoms with van der Waals surface area (Å²) in [6.07, 6.45) is 1.73. The molecule has 0 bridgehead atoms. The van der Waals surface area contributed by atoms with Crippen LogP contribution in [0.2, 0.25) is 10.0 Å². The number of methoxy groups -OCH3 is 1. The summed E-state index contributed by atoms with van der Waals surface area (Å²) < 4.78 is 4.73. The molecule has 0 saturated heterocycles. The van der Waals surface area contributed by atoms with Crippen LogP contribution in [0.15, 0.2) is 28.8 Å². The molecule has 1 aromatic carbocycles. The Hall–Kier alpha value is -1.68. The molecular weight excluding hydrogens is 359 g/mol. The SMILES string of the molecule is COC(=O)[C@@H]1C(=O)NC(SC)=C(C#N)[C@H]1c1ccc(Cl)cc1Cl. The summed E-state index contributed by atoms with van der Waals surface area (Å²) in [5.74, 6) is -3.28. The molecule has 8 heteroatoms. The van der Waals surface area contributed by atoms with Gasteiger partial charge in [0.15, 0.2) is 0 Å². The van der Waals surface area contributed by atoms with Gasteiger partial charge >= 0.3 is 5.97 Å². The van der Waals surface area contributed by atoms with Gasteiger partial charge in [0.05, 0.1) is 23.8 Å². The lowest BCUT2D eigenvalue weighted by Gasteiger charge is -2.31. The monoisotopic (exact) mass is 370 g/mol. The second-order valence-corrected chi connectivity index (χ2v) is 6.35. The topological polar surface area (TPSA) is 79.2 Å². The van der Waals surface area contributed by atoms with Gasteiger partial charge in [0, 0.05) is 16.0 Å². The fourth-order valence-electron chi connectivity index (χ4n) is 2.46. The van der Waals surface area contributed by atoms with E-state index in [2.05, 4.69) is 11.4 Å². The molecule has 0 spiro atoms. The van der Waals surface area contributed by atoms with Crippen molar-refractivity contribution in [1.82, 2.24) is 5.32 Å². The van der Waals surface area contributed by atoms with E-state index in [9.17, 15) is 14.9 Å². The Bertz CT molecular complexity index is 743. The number of benzene rings is 1. The molecule has 2 rings (SSSR count). The summed E-state index contributed by atoms with van der Waals surface area (Å²) in [4.78, 5) is 24.5. The molecule has 120 valence electrons. The summed E-state index contributed by atoms with van der Waals surface area (Å²) in [5, 5.41) is 13.2. The van der Waals surface area contributed by atoms with Gasteiger partial charge in [0.1, 0.15) is 5.92 Å². The van der Waals surface area contributed by atoms with Crippen molar-refractivity contribution in [1.29, 1.82) is 5.26 Å². The maximum atomic E-state index is 12.3. The van der Waals surface area contributed by atoms with Crippen LogP contribution in [0.3, 0.4) is 0 Å². The number of carbonyl (C=O) groups excluding carboxylic acids is 2. The van der Waals surface area contributed by atoms with Crippen LogP contribution in [0, 0.1) is 17.2 Å². The predicted octanol–water partition coefficient (Wildman–Crippen LogP) is 3.09. The lowest BCUT2D eigenvalue weighted by atomic mass is 9.78. The molecule has 0 fully saturated rings. The zero-order valence-electron chi connectivity index (χ0n) is 12.2. The third-order valence-corrected chi connectivity index (χ3v) is 4.78. The molecule has 1 aromatic rings. The van der Waals surface area contributed by atoms with Gasteiger partial charge in [-0.15, -0.1) is 11.8 Å². The molecular formula is C15H12Cl2N2O3S. The number of hydrogen-bond acceptors (Lipinski definition) is 5. The van der Waals surface area contributed by atoms with Crippen molar-refractivity contribution in [3.63, 3.8) is 0 Å². The molecule has 5 nitrogen and oxygen atoms in total. The van der Waals surface area contributed by atoms with E-state index in [0.29, 0.717) is 15.6 Å². The van der Waals surface area contributed by atoms with E-state index in [0.717, 1.165) is 0 Å². The van der Waals surface area contributed by atoms with Crippen LogP contribution in [0.25, 0.3) is 0 Å². The van der Waals surface area contributed by atoms with Crippen molar-refractivity contribution in [2.75, 3.05) is 13.4 Å². The molecule has 1 amide bonds. The average Bonchev–Trinajstić information content (AvgIpc) is 2.53. The van der Waals surface area contributed by atoms with Crippen molar-refractivity contribution < 1.29 is 14.3 Å². The minimum Gasteiger partial charge on any atom is -0.468 e. The van der Waals surface area contributed by atoms with E-state index >= 15 is 0 Å². The highest BCUT2D eigenvalue weighted by Crippen LogP contribution is 2.42. The highest BCUT2D eigenvalue weighted by atomic mass is 35.5. The number of hydrogen-bond donors (Lipinski definition) is 1. The number of rotatable bonds is 3. The molecule has 23 heavy (non-hydrogen) atoms. The van der Waals surface area contributed by atoms with Crippen LogP contribution >= 0.6 is 35.0 Å². The van der Waals surface area contributed by atoms with Crippen molar-refractivity contribution in [2.24, 2.45) is 5.92 Å². The number of allylic oxidation sites excluding steroid dienone is 1. The van der Waals surface area contributed by atoms with Crippen molar-refractivity contribution in [2.45, 2.75) is 5.92 Å². The molecule has 1 aliphatic rings. The Morgan fingerprint density at radius 1 is 1.43 bits per heavy atom. The van der Waals surface area contributed by atoms with E-state index < -0.39 is 23.7 Å². The van der Waals surface area contributed by atoms with Crippen molar-refractivity contribution in [3.05, 3.63) is 44.4 Å². The lowest BCUT2D eigenvalue weighted by Crippen LogP contribution is -2.44. The number of thioether (sulfide) groups is 1. The zero-order valence-corrected chi connectivity index (χ0v) is 14.6. The first-order valence-corrected chi connectivity index (χ1v) is 8.44. The van der Waals surface area contributed by atoms with Crippen LogP contribution < -0.4 is 5.32 Å². The Morgan fingerprint density at radius 3 is 2.65 bits per heavy atom. The van der Waals surface area contributed by atoms with E-state index in [1.54, 1.807) is 18.4 Å². The van der Waals surface area contributed by atoms with Gasteiger partial charge in [-0.2, -0.15) is 5.26 Å². The standard InChI is InChI=1S/C15H12Cl2N2O3S/c1-22-15(21)12-11(8-4-3-7(16)5-10(8)17)9(6-18)14(23-2)19-13(12)20/h3-5,11-12H,1-2H3,(H,19,20)/t11-,12+/m1/s1. The second-order valence-electron chi connectivity index (χ2n) is 4.69. The summed E-state index contributed by atoms with van der Waals surface area (Å²) in [6.45, 7) is 0. The van der Waals surface area contributed by atoms with E-state index in [-0.39, 0.29) is 10.6 Å². The Labute approximate surface area is 147 Å². The van der Waals surface area contributed by atoms with E-state index in [1.807, 2.05) is 0 Å². The van der Waals surface area contributed by atoms with Crippen LogP contribution in [0.4, 0.5) is 0 Å². The van der Waals surface area contributed by atoms with Gasteiger partial charge in [-0.05, 0) is 24.0 Å².